The Kier molecular flexibility index (Phi) is 42.6. The van der Waals surface area contributed by atoms with E-state index in [0.29, 0.717) is 0 Å². The molecule has 0 spiro atoms. The van der Waals surface area contributed by atoms with Gasteiger partial charge in [-0.2, -0.15) is 12.8 Å². The Balaban J connectivity index is -0.0000000720. The van der Waals surface area contributed by atoms with E-state index in [0.717, 1.165) is 12.8 Å². The molecule has 0 aliphatic carbocycles. The number of hydrogen-bond acceptors (Lipinski definition) is 0. The van der Waals surface area contributed by atoms with Crippen LogP contribution in [0.1, 0.15) is 39.5 Å². The fourth-order valence-electron chi connectivity index (χ4n) is 0. The Morgan fingerprint density at radius 1 is 0.889 bits per heavy atom. The summed E-state index contributed by atoms with van der Waals surface area (Å²) in [5.74, 6) is 0. The molecular formula is C8H18Fe. The van der Waals surface area contributed by atoms with E-state index in [2.05, 4.69) is 27.7 Å². The Bertz CT molecular complexity index is 12.5. The van der Waals surface area contributed by atoms with Gasteiger partial charge in [-0.15, -0.1) is 0 Å². The van der Waals surface area contributed by atoms with Crippen LogP contribution in [0.4, 0.5) is 0 Å². The van der Waals surface area contributed by atoms with Crippen LogP contribution in [0.15, 0.2) is 0 Å². The Morgan fingerprint density at radius 3 is 1.00 bits per heavy atom. The van der Waals surface area contributed by atoms with Crippen molar-refractivity contribution in [1.82, 2.24) is 0 Å². The summed E-state index contributed by atoms with van der Waals surface area (Å²) in [6, 6.07) is 0. The minimum Gasteiger partial charge on any atom is -0.343 e. The van der Waals surface area contributed by atoms with Crippen molar-refractivity contribution in [3.05, 3.63) is 13.8 Å². The molecule has 0 bridgehead atoms. The van der Waals surface area contributed by atoms with Crippen molar-refractivity contribution in [2.75, 3.05) is 0 Å². The fraction of sp³-hybridized carbons (Fsp3) is 0.750. The third-order valence-corrected chi connectivity index (χ3v) is 0.707. The number of rotatable bonds is 2. The molecule has 0 N–H and O–H groups in total. The van der Waals surface area contributed by atoms with E-state index >= 15 is 0 Å². The van der Waals surface area contributed by atoms with Crippen LogP contribution in [0.2, 0.25) is 0 Å². The quantitative estimate of drug-likeness (QED) is 0.440. The first-order valence-corrected chi connectivity index (χ1v) is 3.41. The van der Waals surface area contributed by atoms with Crippen molar-refractivity contribution < 1.29 is 17.1 Å². The molecule has 0 fully saturated rings. The second kappa shape index (κ2) is 23.6. The third-order valence-electron chi connectivity index (χ3n) is 0.707. The van der Waals surface area contributed by atoms with Gasteiger partial charge in [-0.3, -0.25) is 0 Å². The van der Waals surface area contributed by atoms with Gasteiger partial charge in [0.15, 0.2) is 0 Å². The van der Waals surface area contributed by atoms with E-state index in [1.807, 2.05) is 0 Å². The molecule has 0 saturated heterocycles. The van der Waals surface area contributed by atoms with Crippen LogP contribution in [0.5, 0.6) is 0 Å². The van der Waals surface area contributed by atoms with Crippen molar-refractivity contribution in [1.29, 1.82) is 0 Å². The Hall–Kier alpha value is 0.519. The first-order valence-electron chi connectivity index (χ1n) is 3.41. The predicted octanol–water partition coefficient (Wildman–Crippen LogP) is 3.24. The average molecular weight is 170 g/mol. The molecule has 0 atom stereocenters. The molecule has 0 saturated carbocycles. The molecule has 1 heteroatoms. The van der Waals surface area contributed by atoms with Gasteiger partial charge in [0.2, 0.25) is 0 Å². The van der Waals surface area contributed by atoms with Crippen LogP contribution >= 0.6 is 0 Å². The summed E-state index contributed by atoms with van der Waals surface area (Å²) in [7, 11) is 0. The minimum absolute atomic E-state index is 0. The van der Waals surface area contributed by atoms with Crippen molar-refractivity contribution >= 4 is 0 Å². The molecule has 9 heavy (non-hydrogen) atoms. The van der Waals surface area contributed by atoms with E-state index in [4.69, 9.17) is 0 Å². The van der Waals surface area contributed by atoms with Crippen LogP contribution in [0.3, 0.4) is 0 Å². The zero-order valence-electron chi connectivity index (χ0n) is 6.60. The molecular weight excluding hydrogens is 152 g/mol. The largest absolute Gasteiger partial charge is 2.00 e. The molecule has 0 radical (unpaired) electrons. The molecule has 0 heterocycles. The second-order valence-corrected chi connectivity index (χ2v) is 1.71. The molecule has 0 aliphatic heterocycles. The second-order valence-electron chi connectivity index (χ2n) is 1.71. The van der Waals surface area contributed by atoms with Crippen molar-refractivity contribution in [3.63, 3.8) is 0 Å². The molecule has 58 valence electrons. The zero-order chi connectivity index (χ0) is 6.83. The van der Waals surface area contributed by atoms with Crippen molar-refractivity contribution in [2.24, 2.45) is 0 Å². The van der Waals surface area contributed by atoms with Gasteiger partial charge in [-0.25, -0.2) is 0 Å². The van der Waals surface area contributed by atoms with Crippen LogP contribution in [0, 0.1) is 13.8 Å². The summed E-state index contributed by atoms with van der Waals surface area (Å²) >= 11 is 0. The molecule has 0 nitrogen and oxygen atoms in total. The number of unbranched alkanes of at least 4 members (excludes halogenated alkanes) is 2. The van der Waals surface area contributed by atoms with Gasteiger partial charge < -0.3 is 13.8 Å². The average Bonchev–Trinajstić information content (AvgIpc) is 1.88. The monoisotopic (exact) mass is 170 g/mol. The van der Waals surface area contributed by atoms with Crippen LogP contribution in [-0.2, 0) is 17.1 Å². The SMILES string of the molecule is [CH2-]CCC.[CH2-]CCC.[Fe+2]. The summed E-state index contributed by atoms with van der Waals surface area (Å²) in [5, 5.41) is 0. The maximum absolute atomic E-state index is 3.60. The van der Waals surface area contributed by atoms with Gasteiger partial charge in [0.1, 0.15) is 0 Å². The van der Waals surface area contributed by atoms with Crippen LogP contribution in [0.25, 0.3) is 0 Å². The summed E-state index contributed by atoms with van der Waals surface area (Å²) in [6.07, 6.45) is 4.56. The standard InChI is InChI=1S/2C4H9.Fe/c2*1-3-4-2;/h2*1,3-4H2,2H3;/q2*-1;+2. The van der Waals surface area contributed by atoms with Gasteiger partial charge in [0.05, 0.1) is 0 Å². The smallest absolute Gasteiger partial charge is 0.343 e. The molecule has 0 rings (SSSR count). The fourth-order valence-corrected chi connectivity index (χ4v) is 0. The first-order chi connectivity index (χ1) is 3.83. The molecule has 0 aromatic heterocycles. The van der Waals surface area contributed by atoms with Crippen molar-refractivity contribution in [2.45, 2.75) is 39.5 Å². The molecule has 0 unspecified atom stereocenters. The van der Waals surface area contributed by atoms with E-state index in [9.17, 15) is 0 Å². The maximum atomic E-state index is 3.60. The molecule has 0 aromatic rings. The first kappa shape index (κ1) is 16.3. The molecule has 0 aromatic carbocycles. The van der Waals surface area contributed by atoms with Gasteiger partial charge >= 0.3 is 17.1 Å². The Labute approximate surface area is 70.9 Å². The van der Waals surface area contributed by atoms with Crippen LogP contribution in [-0.4, -0.2) is 0 Å². The molecule has 0 aliphatic rings. The summed E-state index contributed by atoms with van der Waals surface area (Å²) in [4.78, 5) is 0. The summed E-state index contributed by atoms with van der Waals surface area (Å²) in [6.45, 7) is 11.4. The normalized spacial score (nSPS) is 6.67. The topological polar surface area (TPSA) is 0 Å². The van der Waals surface area contributed by atoms with E-state index in [1.165, 1.54) is 12.8 Å². The van der Waals surface area contributed by atoms with Gasteiger partial charge in [0.25, 0.3) is 0 Å². The maximum Gasteiger partial charge on any atom is 2.00 e. The van der Waals surface area contributed by atoms with Gasteiger partial charge in [-0.05, 0) is 0 Å². The summed E-state index contributed by atoms with van der Waals surface area (Å²) in [5.41, 5.74) is 0. The van der Waals surface area contributed by atoms with Crippen molar-refractivity contribution in [3.8, 4) is 0 Å². The molecule has 0 amide bonds. The zero-order valence-corrected chi connectivity index (χ0v) is 7.70. The summed E-state index contributed by atoms with van der Waals surface area (Å²) < 4.78 is 0. The van der Waals surface area contributed by atoms with Gasteiger partial charge in [0, 0.05) is 0 Å². The third kappa shape index (κ3) is 57.0. The van der Waals surface area contributed by atoms with E-state index in [1.54, 1.807) is 0 Å². The Morgan fingerprint density at radius 2 is 1.00 bits per heavy atom. The van der Waals surface area contributed by atoms with Crippen LogP contribution < -0.4 is 0 Å². The van der Waals surface area contributed by atoms with E-state index < -0.39 is 0 Å². The van der Waals surface area contributed by atoms with E-state index in [-0.39, 0.29) is 17.1 Å². The van der Waals surface area contributed by atoms with Gasteiger partial charge in [-0.1, -0.05) is 26.7 Å². The number of hydrogen-bond donors (Lipinski definition) is 0. The predicted molar refractivity (Wildman–Crippen MR) is 40.5 cm³/mol. The minimum atomic E-state index is 0.